The average Bonchev–Trinajstić information content (AvgIpc) is 2.81. The number of pyridine rings is 1. The summed E-state index contributed by atoms with van der Waals surface area (Å²) in [6, 6.07) is 19.0. The molecule has 0 amide bonds. The Kier molecular flexibility index (Phi) is 5.69. The third-order valence-corrected chi connectivity index (χ3v) is 9.04. The lowest BCUT2D eigenvalue weighted by molar-refractivity contribution is -0.659. The van der Waals surface area contributed by atoms with E-state index < -0.39 is 0 Å². The van der Waals surface area contributed by atoms with Crippen molar-refractivity contribution in [2.24, 2.45) is 18.4 Å². The van der Waals surface area contributed by atoms with Crippen LogP contribution in [-0.2, 0) is 19.9 Å². The van der Waals surface area contributed by atoms with Crippen LogP contribution in [-0.4, -0.2) is 0 Å². The standard InChI is InChI=1S/C35H38NS/c1-20(2)15-29-26-11-9-21(3)16-28(26)22(4)31-33-32-27(13-14-36(33)8)25-12-10-23(19-35(5,6)7)17-24(25)18-30(32)37-34(29)31/h9-14,16-18,20H,15,19H2,1-8H3/q+1. The zero-order valence-electron chi connectivity index (χ0n) is 23.5. The second kappa shape index (κ2) is 8.60. The Bertz CT molecular complexity index is 1730. The lowest BCUT2D eigenvalue weighted by atomic mass is 9.86. The molecule has 0 bridgehead atoms. The zero-order chi connectivity index (χ0) is 26.2. The van der Waals surface area contributed by atoms with Crippen molar-refractivity contribution in [2.45, 2.75) is 71.1 Å². The molecule has 1 nitrogen and oxygen atoms in total. The minimum atomic E-state index is 0.274. The van der Waals surface area contributed by atoms with Crippen molar-refractivity contribution in [2.75, 3.05) is 0 Å². The number of rotatable bonds is 3. The zero-order valence-corrected chi connectivity index (χ0v) is 24.4. The van der Waals surface area contributed by atoms with Gasteiger partial charge >= 0.3 is 0 Å². The molecule has 0 unspecified atom stereocenters. The van der Waals surface area contributed by atoms with Crippen LogP contribution >= 0.6 is 11.8 Å². The minimum absolute atomic E-state index is 0.274. The van der Waals surface area contributed by atoms with Crippen LogP contribution in [0.1, 0.15) is 56.9 Å². The maximum Gasteiger partial charge on any atom is 0.222 e. The molecule has 188 valence electrons. The molecule has 6 rings (SSSR count). The molecule has 0 fully saturated rings. The first-order chi connectivity index (χ1) is 17.5. The van der Waals surface area contributed by atoms with Gasteiger partial charge in [0.25, 0.3) is 0 Å². The van der Waals surface area contributed by atoms with E-state index in [-0.39, 0.29) is 5.41 Å². The van der Waals surface area contributed by atoms with Crippen molar-refractivity contribution < 1.29 is 4.57 Å². The molecule has 4 aromatic carbocycles. The molecular weight excluding hydrogens is 466 g/mol. The number of benzene rings is 4. The molecule has 5 aromatic rings. The normalized spacial score (nSPS) is 13.2. The van der Waals surface area contributed by atoms with Crippen molar-refractivity contribution in [3.05, 3.63) is 77.0 Å². The number of aryl methyl sites for hydroxylation is 3. The second-order valence-electron chi connectivity index (χ2n) is 12.8. The van der Waals surface area contributed by atoms with Crippen molar-refractivity contribution in [3.8, 4) is 11.3 Å². The molecule has 0 saturated carbocycles. The molecule has 0 spiro atoms. The largest absolute Gasteiger partial charge is 0.222 e. The van der Waals surface area contributed by atoms with Crippen molar-refractivity contribution >= 4 is 44.1 Å². The summed E-state index contributed by atoms with van der Waals surface area (Å²) >= 11 is 2.01. The first-order valence-electron chi connectivity index (χ1n) is 13.6. The van der Waals surface area contributed by atoms with Crippen LogP contribution in [0, 0.1) is 25.2 Å². The molecular formula is C35H38NS+. The highest BCUT2D eigenvalue weighted by atomic mass is 32.2. The number of hydrogen-bond acceptors (Lipinski definition) is 1. The molecule has 0 saturated heterocycles. The number of nitrogens with zero attached hydrogens (tertiary/aromatic N) is 1. The fourth-order valence-electron chi connectivity index (χ4n) is 6.34. The van der Waals surface area contributed by atoms with Crippen molar-refractivity contribution in [1.29, 1.82) is 0 Å². The SMILES string of the molecule is Cc1ccc2c(CC(C)C)c3c(c(C)c2c1)-c1c2c(cc4cc(CC(C)(C)C)ccc4c2cc[n+]1C)S3. The molecule has 0 aliphatic carbocycles. The number of fused-ring (bicyclic) bond motifs is 5. The highest BCUT2D eigenvalue weighted by Crippen LogP contribution is 2.53. The van der Waals surface area contributed by atoms with Gasteiger partial charge in [0.1, 0.15) is 7.05 Å². The topological polar surface area (TPSA) is 3.88 Å². The maximum atomic E-state index is 2.47. The lowest BCUT2D eigenvalue weighted by Crippen LogP contribution is -2.32. The van der Waals surface area contributed by atoms with Gasteiger partial charge in [-0.15, -0.1) is 0 Å². The van der Waals surface area contributed by atoms with Gasteiger partial charge < -0.3 is 0 Å². The second-order valence-corrected chi connectivity index (χ2v) is 13.8. The average molecular weight is 505 g/mol. The lowest BCUT2D eigenvalue weighted by Gasteiger charge is -2.26. The predicted octanol–water partition coefficient (Wildman–Crippen LogP) is 9.51. The van der Waals surface area contributed by atoms with E-state index in [1.165, 1.54) is 75.6 Å². The van der Waals surface area contributed by atoms with E-state index in [2.05, 4.69) is 115 Å². The molecule has 37 heavy (non-hydrogen) atoms. The molecule has 1 aromatic heterocycles. The summed E-state index contributed by atoms with van der Waals surface area (Å²) < 4.78 is 2.36. The molecule has 0 atom stereocenters. The monoisotopic (exact) mass is 504 g/mol. The Morgan fingerprint density at radius 1 is 0.865 bits per heavy atom. The smallest absolute Gasteiger partial charge is 0.200 e. The summed E-state index contributed by atoms with van der Waals surface area (Å²) in [4.78, 5) is 2.85. The fourth-order valence-corrected chi connectivity index (χ4v) is 7.73. The van der Waals surface area contributed by atoms with E-state index in [1.807, 2.05) is 11.8 Å². The van der Waals surface area contributed by atoms with Gasteiger partial charge in [0, 0.05) is 21.2 Å². The Hall–Kier alpha value is -2.84. The van der Waals surface area contributed by atoms with Crippen LogP contribution in [0.4, 0.5) is 0 Å². The summed E-state index contributed by atoms with van der Waals surface area (Å²) in [7, 11) is 2.22. The molecule has 1 aliphatic rings. The Labute approximate surface area is 225 Å². The summed E-state index contributed by atoms with van der Waals surface area (Å²) in [5, 5.41) is 8.33. The third kappa shape index (κ3) is 4.05. The summed E-state index contributed by atoms with van der Waals surface area (Å²) in [5.41, 5.74) is 8.75. The third-order valence-electron chi connectivity index (χ3n) is 7.84. The van der Waals surface area contributed by atoms with Crippen LogP contribution in [0.25, 0.3) is 43.6 Å². The van der Waals surface area contributed by atoms with Crippen LogP contribution in [0.3, 0.4) is 0 Å². The van der Waals surface area contributed by atoms with Crippen molar-refractivity contribution in [1.82, 2.24) is 0 Å². The van der Waals surface area contributed by atoms with Crippen LogP contribution < -0.4 is 4.57 Å². The first-order valence-corrected chi connectivity index (χ1v) is 14.5. The molecule has 2 heterocycles. The summed E-state index contributed by atoms with van der Waals surface area (Å²) in [6.07, 6.45) is 4.45. The molecule has 1 aliphatic heterocycles. The van der Waals surface area contributed by atoms with Gasteiger partial charge in [-0.1, -0.05) is 88.3 Å². The Morgan fingerprint density at radius 2 is 1.62 bits per heavy atom. The van der Waals surface area contributed by atoms with Crippen LogP contribution in [0.15, 0.2) is 64.5 Å². The number of hydrogen-bond donors (Lipinski definition) is 0. The van der Waals surface area contributed by atoms with Gasteiger partial charge in [0.15, 0.2) is 6.20 Å². The maximum absolute atomic E-state index is 2.47. The summed E-state index contributed by atoms with van der Waals surface area (Å²) in [6.45, 7) is 16.2. The van der Waals surface area contributed by atoms with Gasteiger partial charge in [-0.05, 0) is 82.3 Å². The van der Waals surface area contributed by atoms with Crippen LogP contribution in [0.2, 0.25) is 0 Å². The summed E-state index contributed by atoms with van der Waals surface area (Å²) in [5.74, 6) is 0.597. The van der Waals surface area contributed by atoms with Gasteiger partial charge in [-0.25, -0.2) is 4.57 Å². The highest BCUT2D eigenvalue weighted by Gasteiger charge is 2.32. The van der Waals surface area contributed by atoms with E-state index in [4.69, 9.17) is 0 Å². The molecule has 0 radical (unpaired) electrons. The number of aromatic nitrogens is 1. The highest BCUT2D eigenvalue weighted by molar-refractivity contribution is 8.00. The van der Waals surface area contributed by atoms with Gasteiger partial charge in [-0.3, -0.25) is 0 Å². The Balaban J connectivity index is 1.72. The van der Waals surface area contributed by atoms with E-state index in [0.717, 1.165) is 12.8 Å². The molecule has 2 heteroatoms. The first kappa shape index (κ1) is 24.5. The van der Waals surface area contributed by atoms with Gasteiger partial charge in [0.2, 0.25) is 5.69 Å². The minimum Gasteiger partial charge on any atom is -0.200 e. The van der Waals surface area contributed by atoms with Gasteiger partial charge in [-0.2, -0.15) is 0 Å². The van der Waals surface area contributed by atoms with Gasteiger partial charge in [0.05, 0.1) is 10.9 Å². The van der Waals surface area contributed by atoms with E-state index in [9.17, 15) is 0 Å². The van der Waals surface area contributed by atoms with E-state index >= 15 is 0 Å². The quantitative estimate of drug-likeness (QED) is 0.171. The Morgan fingerprint density at radius 3 is 2.35 bits per heavy atom. The van der Waals surface area contributed by atoms with E-state index in [0.29, 0.717) is 5.92 Å². The van der Waals surface area contributed by atoms with E-state index in [1.54, 1.807) is 0 Å². The van der Waals surface area contributed by atoms with Crippen molar-refractivity contribution in [3.63, 3.8) is 0 Å². The fraction of sp³-hybridized carbons (Fsp3) is 0.343. The predicted molar refractivity (Wildman–Crippen MR) is 161 cm³/mol. The van der Waals surface area contributed by atoms with Crippen LogP contribution in [0.5, 0.6) is 0 Å². The molecule has 0 N–H and O–H groups in total.